The minimum atomic E-state index is -0.654. The molecular formula is C9H6O5. The van der Waals surface area contributed by atoms with Gasteiger partial charge in [-0.25, -0.2) is 0 Å². The van der Waals surface area contributed by atoms with Gasteiger partial charge in [0, 0.05) is 0 Å². The number of hydrogen-bond donors (Lipinski definition) is 0. The average molecular weight is 194 g/mol. The number of ether oxygens (including phenoxy) is 2. The van der Waals surface area contributed by atoms with Gasteiger partial charge in [0.05, 0.1) is 11.8 Å². The second-order valence-electron chi connectivity index (χ2n) is 3.60. The van der Waals surface area contributed by atoms with E-state index in [1.165, 1.54) is 0 Å². The molecule has 3 aliphatic heterocycles. The van der Waals surface area contributed by atoms with Gasteiger partial charge in [0.2, 0.25) is 0 Å². The molecular weight excluding hydrogens is 188 g/mol. The summed E-state index contributed by atoms with van der Waals surface area (Å²) < 4.78 is 9.43. The van der Waals surface area contributed by atoms with E-state index in [1.54, 1.807) is 12.2 Å². The van der Waals surface area contributed by atoms with Crippen LogP contribution in [0.15, 0.2) is 12.2 Å². The molecule has 2 bridgehead atoms. The predicted molar refractivity (Wildman–Crippen MR) is 40.6 cm³/mol. The Labute approximate surface area is 78.7 Å². The van der Waals surface area contributed by atoms with Crippen LogP contribution in [0.5, 0.6) is 0 Å². The van der Waals surface area contributed by atoms with Crippen LogP contribution in [0, 0.1) is 17.8 Å². The molecule has 1 aliphatic carbocycles. The second-order valence-corrected chi connectivity index (χ2v) is 3.60. The molecule has 0 aromatic rings. The Morgan fingerprint density at radius 3 is 2.36 bits per heavy atom. The van der Waals surface area contributed by atoms with E-state index in [9.17, 15) is 14.4 Å². The van der Waals surface area contributed by atoms with Crippen LogP contribution in [0.3, 0.4) is 0 Å². The molecule has 0 aromatic heterocycles. The topological polar surface area (TPSA) is 69.7 Å². The van der Waals surface area contributed by atoms with Gasteiger partial charge in [-0.1, -0.05) is 6.08 Å². The van der Waals surface area contributed by atoms with Gasteiger partial charge in [-0.05, 0) is 6.08 Å². The van der Waals surface area contributed by atoms with Crippen LogP contribution in [0.1, 0.15) is 0 Å². The summed E-state index contributed by atoms with van der Waals surface area (Å²) in [5.41, 5.74) is 0. The fourth-order valence-electron chi connectivity index (χ4n) is 2.26. The SMILES string of the molecule is O=C1OC(=O)[C@H]2[C@H]1[C@H]1C=C[C@H]2C(=O)O1. The number of rotatable bonds is 0. The van der Waals surface area contributed by atoms with E-state index in [-0.39, 0.29) is 0 Å². The maximum atomic E-state index is 11.3. The lowest BCUT2D eigenvalue weighted by molar-refractivity contribution is -0.168. The second kappa shape index (κ2) is 2.23. The molecule has 3 heterocycles. The molecule has 0 aromatic carbocycles. The van der Waals surface area contributed by atoms with Crippen molar-refractivity contribution in [3.8, 4) is 0 Å². The van der Waals surface area contributed by atoms with Crippen LogP contribution < -0.4 is 0 Å². The predicted octanol–water partition coefficient (Wildman–Crippen LogP) is -0.586. The lowest BCUT2D eigenvalue weighted by Gasteiger charge is -2.35. The minimum absolute atomic E-state index is 0.439. The fourth-order valence-corrected chi connectivity index (χ4v) is 2.26. The molecule has 0 spiro atoms. The third-order valence-electron chi connectivity index (χ3n) is 2.91. The highest BCUT2D eigenvalue weighted by molar-refractivity contribution is 6.01. The molecule has 0 radical (unpaired) electrons. The van der Waals surface area contributed by atoms with Gasteiger partial charge in [-0.3, -0.25) is 14.4 Å². The van der Waals surface area contributed by atoms with Gasteiger partial charge < -0.3 is 9.47 Å². The van der Waals surface area contributed by atoms with Gasteiger partial charge in [0.1, 0.15) is 12.0 Å². The summed E-state index contributed by atoms with van der Waals surface area (Å²) in [6.07, 6.45) is 2.65. The van der Waals surface area contributed by atoms with E-state index < -0.39 is 41.8 Å². The standard InChI is InChI=1S/C9H6O5/c10-7-3-1-2-4(13-7)6-5(3)8(11)14-9(6)12/h1-6H/t3-,4-,5-,6-/m1/s1. The van der Waals surface area contributed by atoms with Gasteiger partial charge in [0.15, 0.2) is 0 Å². The third-order valence-corrected chi connectivity index (χ3v) is 2.91. The highest BCUT2D eigenvalue weighted by atomic mass is 16.6. The molecule has 4 atom stereocenters. The number of carbonyl (C=O) groups is 3. The Hall–Kier alpha value is -1.65. The van der Waals surface area contributed by atoms with Crippen LogP contribution in [0.4, 0.5) is 0 Å². The largest absolute Gasteiger partial charge is 0.457 e. The molecule has 14 heavy (non-hydrogen) atoms. The first-order chi connectivity index (χ1) is 6.68. The number of fused-ring (bicyclic) bond motifs is 1. The molecule has 0 unspecified atom stereocenters. The van der Waals surface area contributed by atoms with E-state index >= 15 is 0 Å². The molecule has 72 valence electrons. The zero-order chi connectivity index (χ0) is 9.87. The van der Waals surface area contributed by atoms with Crippen LogP contribution in [0.25, 0.3) is 0 Å². The highest BCUT2D eigenvalue weighted by Crippen LogP contribution is 2.43. The van der Waals surface area contributed by atoms with Crippen molar-refractivity contribution in [3.63, 3.8) is 0 Å². The Kier molecular flexibility index (Phi) is 1.23. The monoisotopic (exact) mass is 194 g/mol. The van der Waals surface area contributed by atoms with Gasteiger partial charge in [0.25, 0.3) is 0 Å². The highest BCUT2D eigenvalue weighted by Gasteiger charge is 2.59. The number of hydrogen-bond acceptors (Lipinski definition) is 5. The molecule has 4 aliphatic rings. The van der Waals surface area contributed by atoms with Crippen molar-refractivity contribution in [2.45, 2.75) is 6.10 Å². The van der Waals surface area contributed by atoms with E-state index in [2.05, 4.69) is 4.74 Å². The molecule has 0 N–H and O–H groups in total. The molecule has 0 saturated carbocycles. The zero-order valence-electron chi connectivity index (χ0n) is 7.01. The van der Waals surface area contributed by atoms with Crippen molar-refractivity contribution >= 4 is 17.9 Å². The van der Waals surface area contributed by atoms with Crippen molar-refractivity contribution in [2.24, 2.45) is 17.8 Å². The van der Waals surface area contributed by atoms with Crippen molar-refractivity contribution in [1.29, 1.82) is 0 Å². The van der Waals surface area contributed by atoms with E-state index in [0.29, 0.717) is 0 Å². The van der Waals surface area contributed by atoms with Crippen molar-refractivity contribution in [1.82, 2.24) is 0 Å². The number of cyclic esters (lactones) is 2. The Morgan fingerprint density at radius 1 is 0.929 bits per heavy atom. The lowest BCUT2D eigenvalue weighted by atomic mass is 9.73. The Morgan fingerprint density at radius 2 is 1.64 bits per heavy atom. The van der Waals surface area contributed by atoms with Crippen LogP contribution in [-0.2, 0) is 23.9 Å². The first-order valence-corrected chi connectivity index (χ1v) is 4.33. The van der Waals surface area contributed by atoms with Gasteiger partial charge >= 0.3 is 17.9 Å². The first-order valence-electron chi connectivity index (χ1n) is 4.33. The lowest BCUT2D eigenvalue weighted by Crippen LogP contribution is -2.48. The number of carbonyl (C=O) groups excluding carboxylic acids is 3. The smallest absolute Gasteiger partial charge is 0.321 e. The van der Waals surface area contributed by atoms with Crippen molar-refractivity contribution in [3.05, 3.63) is 12.2 Å². The Balaban J connectivity index is 2.10. The van der Waals surface area contributed by atoms with E-state index in [0.717, 1.165) is 0 Å². The summed E-state index contributed by atoms with van der Waals surface area (Å²) in [5.74, 6) is -3.52. The Bertz CT molecular complexity index is 383. The summed E-state index contributed by atoms with van der Waals surface area (Å²) in [6.45, 7) is 0. The van der Waals surface area contributed by atoms with E-state index in [1.807, 2.05) is 0 Å². The molecule has 5 nitrogen and oxygen atoms in total. The number of esters is 3. The van der Waals surface area contributed by atoms with Crippen molar-refractivity contribution in [2.75, 3.05) is 0 Å². The maximum absolute atomic E-state index is 11.3. The quantitative estimate of drug-likeness (QED) is 0.293. The fraction of sp³-hybridized carbons (Fsp3) is 0.444. The minimum Gasteiger partial charge on any atom is -0.457 e. The third kappa shape index (κ3) is 0.724. The summed E-state index contributed by atoms with van der Waals surface area (Å²) in [4.78, 5) is 33.8. The van der Waals surface area contributed by atoms with Gasteiger partial charge in [-0.15, -0.1) is 0 Å². The first kappa shape index (κ1) is 7.73. The molecule has 4 rings (SSSR count). The summed E-state index contributed by atoms with van der Waals surface area (Å²) in [5, 5.41) is 0. The van der Waals surface area contributed by atoms with Crippen LogP contribution >= 0.6 is 0 Å². The summed E-state index contributed by atoms with van der Waals surface area (Å²) in [7, 11) is 0. The van der Waals surface area contributed by atoms with Crippen molar-refractivity contribution < 1.29 is 23.9 Å². The normalized spacial score (nSPS) is 43.6. The molecule has 5 heteroatoms. The van der Waals surface area contributed by atoms with Crippen LogP contribution in [0.2, 0.25) is 0 Å². The summed E-state index contributed by atoms with van der Waals surface area (Å²) >= 11 is 0. The molecule has 0 amide bonds. The average Bonchev–Trinajstić information content (AvgIpc) is 2.45. The molecule has 2 fully saturated rings. The summed E-state index contributed by atoms with van der Waals surface area (Å²) in [6, 6.07) is 0. The van der Waals surface area contributed by atoms with Crippen LogP contribution in [-0.4, -0.2) is 24.0 Å². The van der Waals surface area contributed by atoms with E-state index in [4.69, 9.17) is 4.74 Å². The zero-order valence-corrected chi connectivity index (χ0v) is 7.01. The molecule has 2 saturated heterocycles. The maximum Gasteiger partial charge on any atom is 0.321 e. The van der Waals surface area contributed by atoms with Gasteiger partial charge in [-0.2, -0.15) is 0 Å².